The molecule has 1 rings (SSSR count). The molecule has 0 atom stereocenters. The van der Waals surface area contributed by atoms with Gasteiger partial charge in [-0.2, -0.15) is 5.10 Å². The molecule has 3 heteroatoms. The topological polar surface area (TPSA) is 17.8 Å². The van der Waals surface area contributed by atoms with Crippen LogP contribution in [0.1, 0.15) is 12.5 Å². The van der Waals surface area contributed by atoms with Crippen molar-refractivity contribution < 1.29 is 0 Å². The smallest absolute Gasteiger partial charge is 0.117 e. The summed E-state index contributed by atoms with van der Waals surface area (Å²) in [6, 6.07) is 0. The summed E-state index contributed by atoms with van der Waals surface area (Å²) < 4.78 is 2.89. The van der Waals surface area contributed by atoms with Crippen molar-refractivity contribution >= 4 is 15.9 Å². The zero-order chi connectivity index (χ0) is 6.85. The first kappa shape index (κ1) is 6.81. The number of aromatic nitrogens is 2. The molecule has 0 bridgehead atoms. The monoisotopic (exact) mass is 187 g/mol. The van der Waals surface area contributed by atoms with E-state index in [1.807, 2.05) is 18.5 Å². The lowest BCUT2D eigenvalue weighted by molar-refractivity contribution is 0.643. The molecule has 0 aliphatic rings. The Morgan fingerprint density at radius 1 is 1.78 bits per heavy atom. The Morgan fingerprint density at radius 3 is 2.67 bits per heavy atom. The minimum atomic E-state index is 0.894. The summed E-state index contributed by atoms with van der Waals surface area (Å²) in [7, 11) is 0. The van der Waals surface area contributed by atoms with E-state index in [-0.39, 0.29) is 0 Å². The molecular weight excluding hydrogens is 180 g/mol. The van der Waals surface area contributed by atoms with Gasteiger partial charge >= 0.3 is 0 Å². The molecule has 2 nitrogen and oxygen atoms in total. The molecule has 1 aromatic rings. The van der Waals surface area contributed by atoms with Crippen LogP contribution in [0.5, 0.6) is 0 Å². The fourth-order valence-electron chi connectivity index (χ4n) is 0.628. The number of hydrogen-bond donors (Lipinski definition) is 0. The van der Waals surface area contributed by atoms with E-state index in [0.29, 0.717) is 0 Å². The van der Waals surface area contributed by atoms with E-state index in [1.165, 1.54) is 0 Å². The Bertz CT molecular complexity index is 205. The van der Waals surface area contributed by atoms with Crippen molar-refractivity contribution in [1.82, 2.24) is 9.78 Å². The summed E-state index contributed by atoms with van der Waals surface area (Å²) in [5, 5.41) is 3.98. The van der Waals surface area contributed by atoms with Gasteiger partial charge in [-0.25, -0.2) is 0 Å². The Morgan fingerprint density at radius 2 is 2.44 bits per heavy atom. The molecule has 0 aliphatic heterocycles. The van der Waals surface area contributed by atoms with Gasteiger partial charge in [-0.15, -0.1) is 0 Å². The lowest BCUT2D eigenvalue weighted by Gasteiger charge is -1.94. The van der Waals surface area contributed by atoms with Gasteiger partial charge < -0.3 is 0 Å². The number of nitrogens with zero attached hydrogens (tertiary/aromatic N) is 2. The SMILES string of the molecule is CCn1n[c]c(C)c1Br. The largest absolute Gasteiger partial charge is 0.258 e. The van der Waals surface area contributed by atoms with Crippen molar-refractivity contribution in [2.45, 2.75) is 20.4 Å². The maximum Gasteiger partial charge on any atom is 0.117 e. The lowest BCUT2D eigenvalue weighted by atomic mass is 10.4. The van der Waals surface area contributed by atoms with Crippen molar-refractivity contribution in [2.24, 2.45) is 0 Å². The number of aryl methyl sites for hydroxylation is 2. The van der Waals surface area contributed by atoms with Gasteiger partial charge in [0.2, 0.25) is 0 Å². The molecule has 0 amide bonds. The molecule has 49 valence electrons. The third kappa shape index (κ3) is 1.15. The molecule has 9 heavy (non-hydrogen) atoms. The predicted octanol–water partition coefficient (Wildman–Crippen LogP) is 1.77. The maximum atomic E-state index is 3.98. The van der Waals surface area contributed by atoms with E-state index in [2.05, 4.69) is 27.2 Å². The van der Waals surface area contributed by atoms with Crippen LogP contribution in [-0.2, 0) is 6.54 Å². The normalized spacial score (nSPS) is 10.1. The van der Waals surface area contributed by atoms with Crippen LogP contribution in [0.2, 0.25) is 0 Å². The van der Waals surface area contributed by atoms with Gasteiger partial charge in [0.15, 0.2) is 0 Å². The van der Waals surface area contributed by atoms with Crippen LogP contribution in [0.4, 0.5) is 0 Å². The van der Waals surface area contributed by atoms with Crippen LogP contribution in [-0.4, -0.2) is 9.78 Å². The molecule has 0 fully saturated rings. The summed E-state index contributed by atoms with van der Waals surface area (Å²) in [6.07, 6.45) is 2.85. The van der Waals surface area contributed by atoms with Crippen molar-refractivity contribution in [1.29, 1.82) is 0 Å². The molecule has 1 aromatic heterocycles. The summed E-state index contributed by atoms with van der Waals surface area (Å²) in [5.74, 6) is 0. The predicted molar refractivity (Wildman–Crippen MR) is 39.2 cm³/mol. The third-order valence-electron chi connectivity index (χ3n) is 1.17. The molecule has 0 saturated carbocycles. The average Bonchev–Trinajstić information content (AvgIpc) is 2.15. The molecule has 0 N–H and O–H groups in total. The van der Waals surface area contributed by atoms with E-state index in [4.69, 9.17) is 0 Å². The van der Waals surface area contributed by atoms with Crippen molar-refractivity contribution in [3.05, 3.63) is 16.4 Å². The Kier molecular flexibility index (Phi) is 1.90. The second-order valence-corrected chi connectivity index (χ2v) is 2.59. The molecule has 0 aromatic carbocycles. The van der Waals surface area contributed by atoms with Crippen LogP contribution < -0.4 is 0 Å². The van der Waals surface area contributed by atoms with Crippen LogP contribution >= 0.6 is 15.9 Å². The minimum absolute atomic E-state index is 0.894. The zero-order valence-corrected chi connectivity index (χ0v) is 7.07. The minimum Gasteiger partial charge on any atom is -0.258 e. The molecule has 0 saturated heterocycles. The first-order chi connectivity index (χ1) is 4.25. The van der Waals surface area contributed by atoms with Gasteiger partial charge in [0.05, 0.1) is 0 Å². The Labute approximate surface area is 63.0 Å². The van der Waals surface area contributed by atoms with Crippen LogP contribution in [0.25, 0.3) is 0 Å². The van der Waals surface area contributed by atoms with Crippen LogP contribution in [0, 0.1) is 13.1 Å². The fourth-order valence-corrected chi connectivity index (χ4v) is 1.05. The summed E-state index contributed by atoms with van der Waals surface area (Å²) in [5.41, 5.74) is 1.07. The van der Waals surface area contributed by atoms with Crippen LogP contribution in [0.15, 0.2) is 4.60 Å². The number of hydrogen-bond acceptors (Lipinski definition) is 1. The lowest BCUT2D eigenvalue weighted by Crippen LogP contribution is -1.95. The van der Waals surface area contributed by atoms with E-state index < -0.39 is 0 Å². The molecule has 0 unspecified atom stereocenters. The second-order valence-electron chi connectivity index (χ2n) is 1.84. The molecular formula is C6H8BrN2. The highest BCUT2D eigenvalue weighted by Gasteiger charge is 1.99. The third-order valence-corrected chi connectivity index (χ3v) is 2.18. The Hall–Kier alpha value is -0.310. The van der Waals surface area contributed by atoms with Crippen molar-refractivity contribution in [3.63, 3.8) is 0 Å². The Balaban J connectivity index is 3.04. The number of rotatable bonds is 1. The maximum absolute atomic E-state index is 3.98. The first-order valence-electron chi connectivity index (χ1n) is 2.86. The van der Waals surface area contributed by atoms with Gasteiger partial charge in [-0.3, -0.25) is 4.68 Å². The molecule has 1 radical (unpaired) electrons. The summed E-state index contributed by atoms with van der Waals surface area (Å²) in [4.78, 5) is 0. The van der Waals surface area contributed by atoms with Gasteiger partial charge in [0, 0.05) is 12.1 Å². The average molecular weight is 188 g/mol. The highest BCUT2D eigenvalue weighted by molar-refractivity contribution is 9.10. The van der Waals surface area contributed by atoms with Gasteiger partial charge in [0.25, 0.3) is 0 Å². The van der Waals surface area contributed by atoms with Crippen LogP contribution in [0.3, 0.4) is 0 Å². The van der Waals surface area contributed by atoms with Crippen molar-refractivity contribution in [3.8, 4) is 0 Å². The highest BCUT2D eigenvalue weighted by atomic mass is 79.9. The molecule has 1 heterocycles. The van der Waals surface area contributed by atoms with Gasteiger partial charge in [-0.05, 0) is 29.8 Å². The summed E-state index contributed by atoms with van der Waals surface area (Å²) in [6.45, 7) is 4.92. The second kappa shape index (κ2) is 2.52. The molecule has 0 spiro atoms. The quantitative estimate of drug-likeness (QED) is 0.656. The van der Waals surface area contributed by atoms with E-state index >= 15 is 0 Å². The van der Waals surface area contributed by atoms with E-state index in [1.54, 1.807) is 0 Å². The van der Waals surface area contributed by atoms with E-state index in [9.17, 15) is 0 Å². The zero-order valence-electron chi connectivity index (χ0n) is 5.48. The molecule has 0 aliphatic carbocycles. The first-order valence-corrected chi connectivity index (χ1v) is 3.65. The van der Waals surface area contributed by atoms with E-state index in [0.717, 1.165) is 16.7 Å². The highest BCUT2D eigenvalue weighted by Crippen LogP contribution is 2.13. The fraction of sp³-hybridized carbons (Fsp3) is 0.500. The number of halogens is 1. The van der Waals surface area contributed by atoms with Gasteiger partial charge in [-0.1, -0.05) is 0 Å². The van der Waals surface area contributed by atoms with Crippen molar-refractivity contribution in [2.75, 3.05) is 0 Å². The standard InChI is InChI=1S/C6H8BrN2/c1-3-9-6(7)5(2)4-8-9/h3H2,1-2H3. The van der Waals surface area contributed by atoms with Gasteiger partial charge in [0.1, 0.15) is 10.8 Å². The summed E-state index contributed by atoms with van der Waals surface area (Å²) >= 11 is 3.38.